The third-order valence-electron chi connectivity index (χ3n) is 13.6. The highest BCUT2D eigenvalue weighted by Gasteiger charge is 2.44. The number of amides is 2. The van der Waals surface area contributed by atoms with Crippen molar-refractivity contribution < 1.29 is 19.1 Å². The van der Waals surface area contributed by atoms with Gasteiger partial charge in [-0.1, -0.05) is 48.5 Å². The van der Waals surface area contributed by atoms with Crippen molar-refractivity contribution >= 4 is 23.5 Å². The number of nitrogen functional groups attached to an aromatic ring is 2. The average Bonchev–Trinajstić information content (AvgIpc) is 4.20. The Morgan fingerprint density at radius 2 is 0.912 bits per heavy atom. The van der Waals surface area contributed by atoms with Gasteiger partial charge in [0, 0.05) is 60.4 Å². The topological polar surface area (TPSA) is 190 Å². The largest absolute Gasteiger partial charge is 0.384 e. The zero-order chi connectivity index (χ0) is 46.8. The van der Waals surface area contributed by atoms with Crippen molar-refractivity contribution in [3.63, 3.8) is 0 Å². The van der Waals surface area contributed by atoms with Crippen LogP contribution in [0.15, 0.2) is 122 Å². The van der Waals surface area contributed by atoms with E-state index in [-0.39, 0.29) is 36.2 Å². The molecule has 4 aromatic carbocycles. The van der Waals surface area contributed by atoms with Gasteiger partial charge in [-0.25, -0.2) is 9.97 Å². The van der Waals surface area contributed by atoms with E-state index < -0.39 is 0 Å². The number of hydrogen-bond donors (Lipinski definition) is 4. The summed E-state index contributed by atoms with van der Waals surface area (Å²) < 4.78 is 16.5. The van der Waals surface area contributed by atoms with Gasteiger partial charge in [-0.2, -0.15) is 10.2 Å². The maximum Gasteiger partial charge on any atom is 0.251 e. The zero-order valence-corrected chi connectivity index (χ0v) is 38.2. The van der Waals surface area contributed by atoms with E-state index in [9.17, 15) is 9.59 Å². The van der Waals surface area contributed by atoms with Crippen molar-refractivity contribution in [1.29, 1.82) is 0 Å². The van der Waals surface area contributed by atoms with E-state index in [2.05, 4.69) is 67.2 Å². The molecular weight excluding hydrogens is 853 g/mol. The second-order valence-electron chi connectivity index (χ2n) is 18.0. The van der Waals surface area contributed by atoms with Crippen LogP contribution in [-0.4, -0.2) is 41.3 Å². The summed E-state index contributed by atoms with van der Waals surface area (Å²) in [6.07, 6.45) is 7.05. The van der Waals surface area contributed by atoms with Gasteiger partial charge < -0.3 is 31.6 Å². The number of fused-ring (bicyclic) bond motifs is 16. The number of aromatic nitrogens is 6. The molecule has 14 nitrogen and oxygen atoms in total. The normalized spacial score (nSPS) is 17.5. The lowest BCUT2D eigenvalue weighted by Gasteiger charge is -2.18. The minimum absolute atomic E-state index is 0.0722. The number of nitrogens with two attached hydrogens (primary N) is 2. The van der Waals surface area contributed by atoms with Crippen LogP contribution in [-0.2, 0) is 35.7 Å². The number of anilines is 2. The van der Waals surface area contributed by atoms with Gasteiger partial charge in [0.05, 0.1) is 13.1 Å². The lowest BCUT2D eigenvalue weighted by molar-refractivity contribution is 0.0855. The van der Waals surface area contributed by atoms with Crippen LogP contribution in [0.5, 0.6) is 0 Å². The molecule has 4 aliphatic rings. The van der Waals surface area contributed by atoms with Crippen molar-refractivity contribution in [3.8, 4) is 0 Å². The molecule has 12 rings (SSSR count). The molecule has 8 aromatic rings. The fourth-order valence-corrected chi connectivity index (χ4v) is 10.3. The number of ether oxygens (including phenoxy) is 2. The maximum atomic E-state index is 13.0. The van der Waals surface area contributed by atoms with E-state index in [0.29, 0.717) is 48.9 Å². The number of carbonyl (C=O) groups excluding carboxylic acids is 2. The van der Waals surface area contributed by atoms with Crippen LogP contribution < -0.4 is 22.1 Å². The molecule has 0 aliphatic carbocycles. The van der Waals surface area contributed by atoms with E-state index in [1.807, 2.05) is 110 Å². The first-order chi connectivity index (χ1) is 32.9. The monoisotopic (exact) mass is 902 g/mol. The number of benzene rings is 4. The minimum atomic E-state index is -0.147. The van der Waals surface area contributed by atoms with Crippen LogP contribution in [0.4, 0.5) is 11.6 Å². The Bertz CT molecular complexity index is 3030. The molecule has 0 saturated carbocycles. The molecule has 68 heavy (non-hydrogen) atoms. The third-order valence-corrected chi connectivity index (χ3v) is 13.6. The fraction of sp³-hybridized carbons (Fsp3) is 0.222. The summed E-state index contributed by atoms with van der Waals surface area (Å²) in [4.78, 5) is 34.6. The third kappa shape index (κ3) is 7.76. The van der Waals surface area contributed by atoms with E-state index in [1.54, 1.807) is 12.4 Å². The Hall–Kier alpha value is -7.94. The van der Waals surface area contributed by atoms with E-state index in [0.717, 1.165) is 55.9 Å². The smallest absolute Gasteiger partial charge is 0.251 e. The number of nitrogens with zero attached hydrogens (tertiary/aromatic N) is 6. The van der Waals surface area contributed by atoms with E-state index in [1.165, 1.54) is 33.4 Å². The molecule has 4 aromatic heterocycles. The summed E-state index contributed by atoms with van der Waals surface area (Å²) in [5.41, 5.74) is 30.1. The van der Waals surface area contributed by atoms with Gasteiger partial charge in [0.25, 0.3) is 11.8 Å². The van der Waals surface area contributed by atoms with Crippen molar-refractivity contribution in [1.82, 2.24) is 40.2 Å². The highest BCUT2D eigenvalue weighted by atomic mass is 16.5. The number of rotatable bonds is 10. The van der Waals surface area contributed by atoms with Crippen LogP contribution in [0.25, 0.3) is 0 Å². The first kappa shape index (κ1) is 42.7. The van der Waals surface area contributed by atoms with Gasteiger partial charge in [0.2, 0.25) is 0 Å². The summed E-state index contributed by atoms with van der Waals surface area (Å²) in [6.45, 7) is 10.0. The molecule has 0 spiro atoms. The Morgan fingerprint density at radius 1 is 0.529 bits per heavy atom. The molecule has 8 heterocycles. The Labute approximate surface area is 393 Å². The van der Waals surface area contributed by atoms with Gasteiger partial charge in [-0.3, -0.25) is 19.0 Å². The summed E-state index contributed by atoms with van der Waals surface area (Å²) in [5, 5.41) is 14.7. The SMILES string of the molecule is Cc1cc(N)nc(C)c1CNC(=O)c1ccc2c(c1)[C@@H]1O[C@H]2c2ccc(Cn3cccn3)cc21.Cc1cc(N)nc(C)c1CNC(=O)c1ccc2c(c1)[C@H]1O[C@@H]2c2ccc(Cn3cccn3)cc21. The molecule has 14 heteroatoms. The van der Waals surface area contributed by atoms with E-state index >= 15 is 0 Å². The number of carbonyl (C=O) groups is 2. The molecular formula is C54H50N10O4. The minimum Gasteiger partial charge on any atom is -0.384 e. The molecule has 4 atom stereocenters. The molecule has 0 radical (unpaired) electrons. The van der Waals surface area contributed by atoms with Gasteiger partial charge in [0.1, 0.15) is 36.1 Å². The average molecular weight is 903 g/mol. The predicted octanol–water partition coefficient (Wildman–Crippen LogP) is 7.96. The zero-order valence-electron chi connectivity index (χ0n) is 38.2. The second-order valence-corrected chi connectivity index (χ2v) is 18.0. The standard InChI is InChI=1S/2C27H25N5O2/c2*1-15-10-24(28)31-16(2)23(15)13-29-27(33)18-5-7-20-22(12-18)26-21-11-17(14-32-9-3-8-30-32)4-6-19(21)25(20)34-26/h2*3-12,25-26H,13-14H2,1-2H3,(H2,28,31)(H,29,33)/t2*25-,26+/m10/s1. The highest BCUT2D eigenvalue weighted by Crippen LogP contribution is 2.55. The van der Waals surface area contributed by atoms with Crippen molar-refractivity contribution in [2.75, 3.05) is 11.5 Å². The quantitative estimate of drug-likeness (QED) is 0.105. The Kier molecular flexibility index (Phi) is 10.7. The highest BCUT2D eigenvalue weighted by molar-refractivity contribution is 5.95. The maximum absolute atomic E-state index is 13.0. The number of nitrogens with one attached hydrogen (secondary N) is 2. The first-order valence-corrected chi connectivity index (χ1v) is 22.8. The lowest BCUT2D eigenvalue weighted by atomic mass is 9.84. The summed E-state index contributed by atoms with van der Waals surface area (Å²) >= 11 is 0. The first-order valence-electron chi connectivity index (χ1n) is 22.8. The molecule has 340 valence electrons. The van der Waals surface area contributed by atoms with Gasteiger partial charge >= 0.3 is 0 Å². The fourth-order valence-electron chi connectivity index (χ4n) is 10.3. The molecule has 0 fully saturated rings. The van der Waals surface area contributed by atoms with Crippen LogP contribution in [0.2, 0.25) is 0 Å². The van der Waals surface area contributed by atoms with Gasteiger partial charge in [0.15, 0.2) is 0 Å². The number of hydrogen-bond acceptors (Lipinski definition) is 10. The van der Waals surface area contributed by atoms with Crippen LogP contribution in [0.1, 0.15) is 134 Å². The van der Waals surface area contributed by atoms with Gasteiger partial charge in [-0.15, -0.1) is 0 Å². The van der Waals surface area contributed by atoms with Crippen LogP contribution in [0.3, 0.4) is 0 Å². The summed E-state index contributed by atoms with van der Waals surface area (Å²) in [5.74, 6) is 0.751. The lowest BCUT2D eigenvalue weighted by Crippen LogP contribution is -2.24. The Balaban J connectivity index is 0.000000149. The summed E-state index contributed by atoms with van der Waals surface area (Å²) in [6, 6.07) is 32.3. The van der Waals surface area contributed by atoms with Crippen molar-refractivity contribution in [3.05, 3.63) is 222 Å². The molecule has 0 unspecified atom stereocenters. The predicted molar refractivity (Wildman–Crippen MR) is 257 cm³/mol. The molecule has 4 bridgehead atoms. The summed E-state index contributed by atoms with van der Waals surface area (Å²) in [7, 11) is 0. The molecule has 0 saturated heterocycles. The van der Waals surface area contributed by atoms with Crippen LogP contribution in [0, 0.1) is 27.7 Å². The molecule has 6 N–H and O–H groups in total. The Morgan fingerprint density at radius 3 is 1.29 bits per heavy atom. The molecule has 4 aliphatic heterocycles. The van der Waals surface area contributed by atoms with Crippen LogP contribution >= 0.6 is 0 Å². The number of aryl methyl sites for hydroxylation is 4. The van der Waals surface area contributed by atoms with Crippen molar-refractivity contribution in [2.45, 2.75) is 78.3 Å². The number of pyridine rings is 2. The van der Waals surface area contributed by atoms with Gasteiger partial charge in [-0.05, 0) is 154 Å². The van der Waals surface area contributed by atoms with Crippen molar-refractivity contribution in [2.24, 2.45) is 0 Å². The van der Waals surface area contributed by atoms with E-state index in [4.69, 9.17) is 20.9 Å². The second kappa shape index (κ2) is 17.0. The molecule has 2 amide bonds.